The Morgan fingerprint density at radius 3 is 2.52 bits per heavy atom. The second-order valence-corrected chi connectivity index (χ2v) is 9.46. The van der Waals surface area contributed by atoms with Gasteiger partial charge in [-0.25, -0.2) is 9.66 Å². The lowest BCUT2D eigenvalue weighted by atomic mass is 9.87. The molecule has 9 heteroatoms. The number of benzene rings is 1. The van der Waals surface area contributed by atoms with Gasteiger partial charge >= 0.3 is 0 Å². The van der Waals surface area contributed by atoms with Gasteiger partial charge in [-0.3, -0.25) is 9.69 Å². The topological polar surface area (TPSA) is 89.9 Å². The highest BCUT2D eigenvalue weighted by atomic mass is 32.2. The van der Waals surface area contributed by atoms with Crippen LogP contribution >= 0.6 is 23.1 Å². The molecule has 0 bridgehead atoms. The highest BCUT2D eigenvalue weighted by molar-refractivity contribution is 7.98. The maximum atomic E-state index is 11.7. The second-order valence-electron chi connectivity index (χ2n) is 7.68. The third kappa shape index (κ3) is 4.79. The Hall–Kier alpha value is -2.39. The molecule has 2 aromatic heterocycles. The van der Waals surface area contributed by atoms with Crippen molar-refractivity contribution >= 4 is 34.1 Å². The number of nitrogen functional groups attached to an aromatic ring is 1. The number of nitrogens with zero attached hydrogens (tertiary/aromatic N) is 5. The van der Waals surface area contributed by atoms with E-state index in [1.165, 1.54) is 33.3 Å². The zero-order valence-corrected chi connectivity index (χ0v) is 19.0. The van der Waals surface area contributed by atoms with Crippen LogP contribution < -0.4 is 10.7 Å². The number of nitrogens with two attached hydrogens (primary N) is 1. The van der Waals surface area contributed by atoms with Crippen molar-refractivity contribution in [3.8, 4) is 11.4 Å². The lowest BCUT2D eigenvalue weighted by Gasteiger charge is -2.19. The number of carbonyl (C=O) groups excluding carboxylic acids is 1. The van der Waals surface area contributed by atoms with Crippen molar-refractivity contribution in [2.24, 2.45) is 0 Å². The summed E-state index contributed by atoms with van der Waals surface area (Å²) in [6, 6.07) is 8.25. The van der Waals surface area contributed by atoms with Crippen LogP contribution in [0.25, 0.3) is 11.4 Å². The molecule has 0 unspecified atom stereocenters. The van der Waals surface area contributed by atoms with Crippen molar-refractivity contribution in [1.82, 2.24) is 19.9 Å². The van der Waals surface area contributed by atoms with E-state index in [1.54, 1.807) is 11.8 Å². The first-order chi connectivity index (χ1) is 13.7. The Balaban J connectivity index is 1.71. The summed E-state index contributed by atoms with van der Waals surface area (Å²) in [6.07, 6.45) is 0. The fourth-order valence-electron chi connectivity index (χ4n) is 2.81. The molecule has 0 saturated heterocycles. The molecule has 0 aliphatic heterocycles. The minimum atomic E-state index is -0.00937. The summed E-state index contributed by atoms with van der Waals surface area (Å²) in [5.41, 5.74) is 3.16. The molecular formula is C20H26N6OS2. The Kier molecular flexibility index (Phi) is 6.28. The Labute approximate surface area is 179 Å². The summed E-state index contributed by atoms with van der Waals surface area (Å²) >= 11 is 2.93. The fraction of sp³-hybridized carbons (Fsp3) is 0.400. The maximum absolute atomic E-state index is 11.7. The minimum Gasteiger partial charge on any atom is -0.335 e. The van der Waals surface area contributed by atoms with Crippen LogP contribution in [0.1, 0.15) is 45.9 Å². The van der Waals surface area contributed by atoms with Crippen molar-refractivity contribution in [3.63, 3.8) is 0 Å². The van der Waals surface area contributed by atoms with Gasteiger partial charge in [-0.05, 0) is 17.9 Å². The smallest absolute Gasteiger partial charge is 0.225 e. The van der Waals surface area contributed by atoms with Gasteiger partial charge in [0.05, 0.1) is 5.69 Å². The van der Waals surface area contributed by atoms with Crippen molar-refractivity contribution < 1.29 is 4.79 Å². The number of hydrogen-bond donors (Lipinski definition) is 1. The van der Waals surface area contributed by atoms with Gasteiger partial charge in [-0.2, -0.15) is 0 Å². The molecule has 0 aliphatic rings. The molecule has 0 radical (unpaired) electrons. The molecule has 0 spiro atoms. The molecule has 154 valence electrons. The molecule has 29 heavy (non-hydrogen) atoms. The zero-order chi connectivity index (χ0) is 21.2. The van der Waals surface area contributed by atoms with Crippen LogP contribution in [0.3, 0.4) is 0 Å². The van der Waals surface area contributed by atoms with E-state index >= 15 is 0 Å². The Morgan fingerprint density at radius 1 is 1.24 bits per heavy atom. The van der Waals surface area contributed by atoms with Crippen LogP contribution in [0, 0.1) is 0 Å². The quantitative estimate of drug-likeness (QED) is 0.468. The number of hydrogen-bond acceptors (Lipinski definition) is 7. The average molecular weight is 431 g/mol. The molecule has 2 heterocycles. The molecule has 7 nitrogen and oxygen atoms in total. The summed E-state index contributed by atoms with van der Waals surface area (Å²) in [5.74, 6) is 7.46. The van der Waals surface area contributed by atoms with Crippen LogP contribution in [-0.4, -0.2) is 32.3 Å². The Morgan fingerprint density at radius 2 is 1.93 bits per heavy atom. The first-order valence-corrected chi connectivity index (χ1v) is 11.2. The second kappa shape index (κ2) is 8.54. The number of rotatable bonds is 6. The van der Waals surface area contributed by atoms with Crippen LogP contribution in [0.5, 0.6) is 0 Å². The van der Waals surface area contributed by atoms with E-state index in [1.807, 2.05) is 24.4 Å². The standard InChI is InChI=1S/C20H26N6OS2/c1-6-25(13(2)27)18-22-16(11-28-18)12-29-19-24-23-17(26(19)21)14-7-9-15(10-8-14)20(3,4)5/h7-11H,6,12,21H2,1-5H3. The molecule has 0 aliphatic carbocycles. The number of carbonyl (C=O) groups is 1. The summed E-state index contributed by atoms with van der Waals surface area (Å²) in [5, 5.41) is 11.8. The molecular weight excluding hydrogens is 404 g/mol. The third-order valence-electron chi connectivity index (χ3n) is 4.49. The van der Waals surface area contributed by atoms with Gasteiger partial charge in [-0.15, -0.1) is 21.5 Å². The number of anilines is 1. The van der Waals surface area contributed by atoms with Crippen LogP contribution in [0.2, 0.25) is 0 Å². The van der Waals surface area contributed by atoms with E-state index in [-0.39, 0.29) is 11.3 Å². The monoisotopic (exact) mass is 430 g/mol. The SMILES string of the molecule is CCN(C(C)=O)c1nc(CSc2nnc(-c3ccc(C(C)(C)C)cc3)n2N)cs1. The van der Waals surface area contributed by atoms with E-state index in [0.29, 0.717) is 28.4 Å². The van der Waals surface area contributed by atoms with Gasteiger partial charge in [0.15, 0.2) is 11.0 Å². The largest absolute Gasteiger partial charge is 0.335 e. The number of amides is 1. The lowest BCUT2D eigenvalue weighted by Crippen LogP contribution is -2.27. The molecule has 0 atom stereocenters. The van der Waals surface area contributed by atoms with Crippen LogP contribution in [-0.2, 0) is 16.0 Å². The summed E-state index contributed by atoms with van der Waals surface area (Å²) in [6.45, 7) is 10.6. The fourth-order valence-corrected chi connectivity index (χ4v) is 4.60. The molecule has 1 amide bonds. The molecule has 1 aromatic carbocycles. The van der Waals surface area contributed by atoms with Gasteiger partial charge in [-0.1, -0.05) is 56.8 Å². The summed E-state index contributed by atoms with van der Waals surface area (Å²) < 4.78 is 1.51. The van der Waals surface area contributed by atoms with Crippen molar-refractivity contribution in [2.75, 3.05) is 17.3 Å². The molecule has 2 N–H and O–H groups in total. The summed E-state index contributed by atoms with van der Waals surface area (Å²) in [4.78, 5) is 17.9. The highest BCUT2D eigenvalue weighted by Crippen LogP contribution is 2.29. The molecule has 3 rings (SSSR count). The highest BCUT2D eigenvalue weighted by Gasteiger charge is 2.17. The van der Waals surface area contributed by atoms with Crippen molar-refractivity contribution in [1.29, 1.82) is 0 Å². The maximum Gasteiger partial charge on any atom is 0.225 e. The van der Waals surface area contributed by atoms with Crippen molar-refractivity contribution in [2.45, 2.75) is 50.9 Å². The van der Waals surface area contributed by atoms with Crippen LogP contribution in [0.15, 0.2) is 34.8 Å². The molecule has 3 aromatic rings. The zero-order valence-electron chi connectivity index (χ0n) is 17.3. The normalized spacial score (nSPS) is 11.6. The van der Waals surface area contributed by atoms with Crippen molar-refractivity contribution in [3.05, 3.63) is 40.9 Å². The predicted octanol–water partition coefficient (Wildman–Crippen LogP) is 4.08. The van der Waals surface area contributed by atoms with Gasteiger partial charge in [0.25, 0.3) is 0 Å². The first-order valence-electron chi connectivity index (χ1n) is 9.37. The third-order valence-corrected chi connectivity index (χ3v) is 6.38. The molecule has 0 fully saturated rings. The minimum absolute atomic E-state index is 0.00937. The lowest BCUT2D eigenvalue weighted by molar-refractivity contribution is -0.116. The average Bonchev–Trinajstić information content (AvgIpc) is 3.26. The van der Waals surface area contributed by atoms with Gasteiger partial charge in [0.1, 0.15) is 0 Å². The van der Waals surface area contributed by atoms with Gasteiger partial charge in [0, 0.05) is 30.2 Å². The van der Waals surface area contributed by atoms with E-state index in [0.717, 1.165) is 11.3 Å². The molecule has 0 saturated carbocycles. The van der Waals surface area contributed by atoms with E-state index in [4.69, 9.17) is 5.84 Å². The number of thioether (sulfide) groups is 1. The Bertz CT molecular complexity index is 987. The predicted molar refractivity (Wildman–Crippen MR) is 120 cm³/mol. The van der Waals surface area contributed by atoms with E-state index in [2.05, 4.69) is 48.1 Å². The van der Waals surface area contributed by atoms with E-state index in [9.17, 15) is 4.79 Å². The van der Waals surface area contributed by atoms with Crippen LogP contribution in [0.4, 0.5) is 5.13 Å². The van der Waals surface area contributed by atoms with Gasteiger partial charge < -0.3 is 5.84 Å². The van der Waals surface area contributed by atoms with E-state index < -0.39 is 0 Å². The first kappa shape index (κ1) is 21.3. The number of thiazole rings is 1. The van der Waals surface area contributed by atoms with Gasteiger partial charge in [0.2, 0.25) is 11.1 Å². The summed E-state index contributed by atoms with van der Waals surface area (Å²) in [7, 11) is 0. The number of aromatic nitrogens is 4.